The Kier molecular flexibility index (Phi) is 5.89. The Labute approximate surface area is 198 Å². The second kappa shape index (κ2) is 9.13. The van der Waals surface area contributed by atoms with E-state index in [1.807, 2.05) is 61.5 Å². The molecule has 5 aromatic rings. The van der Waals surface area contributed by atoms with Gasteiger partial charge in [0.15, 0.2) is 4.34 Å². The van der Waals surface area contributed by atoms with Crippen LogP contribution in [0.5, 0.6) is 5.75 Å². The average Bonchev–Trinajstić information content (AvgIpc) is 3.42. The van der Waals surface area contributed by atoms with E-state index in [9.17, 15) is 4.79 Å². The average molecular weight is 477 g/mol. The van der Waals surface area contributed by atoms with Gasteiger partial charge in [-0.1, -0.05) is 59.5 Å². The number of aromatic nitrogens is 2. The van der Waals surface area contributed by atoms with Crippen LogP contribution in [0.4, 0.5) is 16.5 Å². The second-order valence-electron chi connectivity index (χ2n) is 7.30. The molecule has 0 aliphatic carbocycles. The van der Waals surface area contributed by atoms with Gasteiger partial charge in [0.2, 0.25) is 11.0 Å². The number of fused-ring (bicyclic) bond motifs is 3. The number of thioether (sulfide) groups is 1. The molecule has 9 heteroatoms. The molecular formula is C24H20N4O3S2. The number of aryl methyl sites for hydroxylation is 1. The Hall–Kier alpha value is -3.56. The number of furan rings is 1. The predicted octanol–water partition coefficient (Wildman–Crippen LogP) is 6.23. The van der Waals surface area contributed by atoms with Crippen LogP contribution in [0, 0.1) is 6.92 Å². The number of anilines is 3. The number of rotatable bonds is 7. The van der Waals surface area contributed by atoms with E-state index in [0.29, 0.717) is 26.5 Å². The van der Waals surface area contributed by atoms with Crippen LogP contribution in [-0.4, -0.2) is 29.0 Å². The highest BCUT2D eigenvalue weighted by Crippen LogP contribution is 2.36. The van der Waals surface area contributed by atoms with E-state index < -0.39 is 0 Å². The Morgan fingerprint density at radius 1 is 1.03 bits per heavy atom. The molecule has 0 saturated carbocycles. The van der Waals surface area contributed by atoms with E-state index in [-0.39, 0.29) is 11.7 Å². The minimum absolute atomic E-state index is 0.169. The van der Waals surface area contributed by atoms with E-state index >= 15 is 0 Å². The van der Waals surface area contributed by atoms with Crippen molar-refractivity contribution in [3.8, 4) is 5.75 Å². The van der Waals surface area contributed by atoms with Crippen LogP contribution >= 0.6 is 23.1 Å². The second-order valence-corrected chi connectivity index (χ2v) is 9.50. The molecular weight excluding hydrogens is 456 g/mol. The van der Waals surface area contributed by atoms with Gasteiger partial charge in [-0.25, -0.2) is 0 Å². The maximum Gasteiger partial charge on any atom is 0.234 e. The van der Waals surface area contributed by atoms with Crippen LogP contribution in [0.2, 0.25) is 0 Å². The van der Waals surface area contributed by atoms with Crippen molar-refractivity contribution in [2.45, 2.75) is 11.3 Å². The van der Waals surface area contributed by atoms with Gasteiger partial charge in [0.05, 0.1) is 18.6 Å². The van der Waals surface area contributed by atoms with Crippen molar-refractivity contribution in [3.63, 3.8) is 0 Å². The quantitative estimate of drug-likeness (QED) is 0.269. The molecule has 0 radical (unpaired) electrons. The number of carbonyl (C=O) groups excluding carboxylic acids is 1. The molecule has 0 bridgehead atoms. The largest absolute Gasteiger partial charge is 0.495 e. The molecule has 0 spiro atoms. The van der Waals surface area contributed by atoms with Gasteiger partial charge in [0.1, 0.15) is 16.9 Å². The molecule has 5 rings (SSSR count). The van der Waals surface area contributed by atoms with Gasteiger partial charge in [-0.2, -0.15) is 0 Å². The fraction of sp³-hybridized carbons (Fsp3) is 0.125. The van der Waals surface area contributed by atoms with Crippen LogP contribution in [0.15, 0.2) is 69.4 Å². The zero-order valence-electron chi connectivity index (χ0n) is 17.9. The third-order valence-electron chi connectivity index (χ3n) is 5.09. The van der Waals surface area contributed by atoms with E-state index in [1.54, 1.807) is 13.2 Å². The topological polar surface area (TPSA) is 89.3 Å². The van der Waals surface area contributed by atoms with Crippen LogP contribution in [0.25, 0.3) is 21.9 Å². The third kappa shape index (κ3) is 4.50. The minimum Gasteiger partial charge on any atom is -0.495 e. The van der Waals surface area contributed by atoms with Gasteiger partial charge in [-0.15, -0.1) is 10.2 Å². The Balaban J connectivity index is 1.26. The summed E-state index contributed by atoms with van der Waals surface area (Å²) < 4.78 is 12.2. The molecule has 166 valence electrons. The van der Waals surface area contributed by atoms with Crippen molar-refractivity contribution in [3.05, 3.63) is 66.2 Å². The summed E-state index contributed by atoms with van der Waals surface area (Å²) in [6.45, 7) is 2.03. The number of nitrogens with zero attached hydrogens (tertiary/aromatic N) is 2. The highest BCUT2D eigenvalue weighted by atomic mass is 32.2. The lowest BCUT2D eigenvalue weighted by molar-refractivity contribution is -0.113. The molecule has 0 unspecified atom stereocenters. The molecule has 0 saturated heterocycles. The van der Waals surface area contributed by atoms with Gasteiger partial charge in [0, 0.05) is 22.5 Å². The summed E-state index contributed by atoms with van der Waals surface area (Å²) in [5.74, 6) is 0.603. The Morgan fingerprint density at radius 2 is 1.85 bits per heavy atom. The lowest BCUT2D eigenvalue weighted by atomic mass is 10.1. The van der Waals surface area contributed by atoms with E-state index in [4.69, 9.17) is 9.15 Å². The summed E-state index contributed by atoms with van der Waals surface area (Å²) in [7, 11) is 1.58. The van der Waals surface area contributed by atoms with Crippen LogP contribution in [-0.2, 0) is 4.79 Å². The fourth-order valence-electron chi connectivity index (χ4n) is 3.48. The van der Waals surface area contributed by atoms with E-state index in [0.717, 1.165) is 27.6 Å². The molecule has 0 atom stereocenters. The number of para-hydroxylation sites is 2. The Bertz CT molecular complexity index is 1460. The number of ether oxygens (including phenoxy) is 1. The lowest BCUT2D eigenvalue weighted by Crippen LogP contribution is -2.14. The first-order valence-corrected chi connectivity index (χ1v) is 12.0. The van der Waals surface area contributed by atoms with Crippen molar-refractivity contribution < 1.29 is 13.9 Å². The molecule has 0 fully saturated rings. The smallest absolute Gasteiger partial charge is 0.234 e. The number of benzene rings is 3. The molecule has 0 aliphatic heterocycles. The van der Waals surface area contributed by atoms with Gasteiger partial charge in [-0.05, 0) is 30.7 Å². The standard InChI is InChI=1S/C24H20N4O3S2/c1-14-7-3-5-9-17(14)26-23-27-28-24(33-23)32-13-22(29)25-18-12-20-16(11-21(18)30-2)15-8-4-6-10-19(15)31-20/h3-12H,13H2,1-2H3,(H,25,29)(H,26,27). The monoisotopic (exact) mass is 476 g/mol. The number of amides is 1. The number of methoxy groups -OCH3 is 1. The highest BCUT2D eigenvalue weighted by molar-refractivity contribution is 8.01. The SMILES string of the molecule is COc1cc2c(cc1NC(=O)CSc1nnc(Nc3ccccc3C)s1)oc1ccccc12. The molecule has 7 nitrogen and oxygen atoms in total. The number of carbonyl (C=O) groups is 1. The van der Waals surface area contributed by atoms with Gasteiger partial charge in [-0.3, -0.25) is 4.79 Å². The summed E-state index contributed by atoms with van der Waals surface area (Å²) in [5.41, 5.74) is 4.15. The maximum atomic E-state index is 12.6. The number of hydrogen-bond donors (Lipinski definition) is 2. The van der Waals surface area contributed by atoms with Gasteiger partial charge < -0.3 is 19.8 Å². The van der Waals surface area contributed by atoms with Gasteiger partial charge in [0.25, 0.3) is 0 Å². The Morgan fingerprint density at radius 3 is 2.70 bits per heavy atom. The summed E-state index contributed by atoms with van der Waals surface area (Å²) in [5, 5.41) is 17.2. The van der Waals surface area contributed by atoms with Gasteiger partial charge >= 0.3 is 0 Å². The molecule has 33 heavy (non-hydrogen) atoms. The highest BCUT2D eigenvalue weighted by Gasteiger charge is 2.15. The molecule has 0 aliphatic rings. The summed E-state index contributed by atoms with van der Waals surface area (Å²) in [6, 6.07) is 19.5. The first kappa shape index (κ1) is 21.3. The molecule has 2 aromatic heterocycles. The third-order valence-corrected chi connectivity index (χ3v) is 7.06. The summed E-state index contributed by atoms with van der Waals surface area (Å²) >= 11 is 2.74. The predicted molar refractivity (Wildman–Crippen MR) is 134 cm³/mol. The normalized spacial score (nSPS) is 11.1. The van der Waals surface area contributed by atoms with Crippen LogP contribution < -0.4 is 15.4 Å². The van der Waals surface area contributed by atoms with Crippen LogP contribution in [0.1, 0.15) is 5.56 Å². The van der Waals surface area contributed by atoms with Crippen molar-refractivity contribution in [1.82, 2.24) is 10.2 Å². The van der Waals surface area contributed by atoms with Crippen molar-refractivity contribution in [2.75, 3.05) is 23.5 Å². The zero-order chi connectivity index (χ0) is 22.8. The number of nitrogens with one attached hydrogen (secondary N) is 2. The number of hydrogen-bond acceptors (Lipinski definition) is 8. The summed E-state index contributed by atoms with van der Waals surface area (Å²) in [6.07, 6.45) is 0. The molecule has 1 amide bonds. The first-order chi connectivity index (χ1) is 16.1. The van der Waals surface area contributed by atoms with Crippen molar-refractivity contribution in [2.24, 2.45) is 0 Å². The minimum atomic E-state index is -0.169. The fourth-order valence-corrected chi connectivity index (χ4v) is 5.04. The first-order valence-electron chi connectivity index (χ1n) is 10.2. The maximum absolute atomic E-state index is 12.6. The van der Waals surface area contributed by atoms with Crippen LogP contribution in [0.3, 0.4) is 0 Å². The lowest BCUT2D eigenvalue weighted by Gasteiger charge is -2.10. The van der Waals surface area contributed by atoms with E-state index in [2.05, 4.69) is 20.8 Å². The van der Waals surface area contributed by atoms with Crippen molar-refractivity contribution in [1.29, 1.82) is 0 Å². The van der Waals surface area contributed by atoms with Crippen molar-refractivity contribution >= 4 is 67.5 Å². The zero-order valence-corrected chi connectivity index (χ0v) is 19.5. The molecule has 3 aromatic carbocycles. The molecule has 2 N–H and O–H groups in total. The molecule has 2 heterocycles. The summed E-state index contributed by atoms with van der Waals surface area (Å²) in [4.78, 5) is 12.6. The van der Waals surface area contributed by atoms with E-state index in [1.165, 1.54) is 23.1 Å².